The van der Waals surface area contributed by atoms with Crippen molar-refractivity contribution >= 4 is 17.8 Å². The monoisotopic (exact) mass is 239 g/mol. The summed E-state index contributed by atoms with van der Waals surface area (Å²) in [6.07, 6.45) is 1.33. The predicted molar refractivity (Wildman–Crippen MR) is 59.0 cm³/mol. The first-order valence-corrected chi connectivity index (χ1v) is 5.79. The van der Waals surface area contributed by atoms with E-state index in [1.165, 1.54) is 0 Å². The zero-order chi connectivity index (χ0) is 13.0. The molecule has 0 aromatic carbocycles. The number of carboxylic acids is 1. The molecule has 1 heterocycles. The quantitative estimate of drug-likeness (QED) is 0.726. The molecular weight excluding hydrogens is 222 g/mol. The highest BCUT2D eigenvalue weighted by atomic mass is 16.4. The molecule has 1 aliphatic heterocycles. The summed E-state index contributed by atoms with van der Waals surface area (Å²) in [6.45, 7) is 5.19. The third kappa shape index (κ3) is 1.34. The van der Waals surface area contributed by atoms with E-state index < -0.39 is 17.9 Å². The smallest absolute Gasteiger partial charge is 0.323 e. The van der Waals surface area contributed by atoms with Crippen molar-refractivity contribution in [2.45, 2.75) is 33.6 Å². The molecule has 2 atom stereocenters. The van der Waals surface area contributed by atoms with Gasteiger partial charge in [-0.05, 0) is 18.3 Å². The molecule has 1 aliphatic carbocycles. The maximum absolute atomic E-state index is 12.3. The van der Waals surface area contributed by atoms with Crippen LogP contribution in [0.5, 0.6) is 0 Å². The number of amides is 2. The van der Waals surface area contributed by atoms with Crippen LogP contribution in [0.15, 0.2) is 0 Å². The summed E-state index contributed by atoms with van der Waals surface area (Å²) in [7, 11) is 0. The lowest BCUT2D eigenvalue weighted by molar-refractivity contribution is -0.171. The summed E-state index contributed by atoms with van der Waals surface area (Å²) in [6, 6.07) is 0. The summed E-state index contributed by atoms with van der Waals surface area (Å²) in [5.41, 5.74) is -0.989. The summed E-state index contributed by atoms with van der Waals surface area (Å²) in [5, 5.41) is 8.76. The van der Waals surface area contributed by atoms with E-state index in [0.29, 0.717) is 12.8 Å². The van der Waals surface area contributed by atoms with Gasteiger partial charge < -0.3 is 5.11 Å². The van der Waals surface area contributed by atoms with Gasteiger partial charge in [0.1, 0.15) is 6.54 Å². The number of imide groups is 1. The largest absolute Gasteiger partial charge is 0.480 e. The molecule has 0 aromatic heterocycles. The third-order valence-electron chi connectivity index (χ3n) is 4.80. The van der Waals surface area contributed by atoms with Crippen molar-refractivity contribution in [1.29, 1.82) is 0 Å². The number of hydrogen-bond acceptors (Lipinski definition) is 3. The molecule has 2 bridgehead atoms. The van der Waals surface area contributed by atoms with E-state index in [1.54, 1.807) is 0 Å². The topological polar surface area (TPSA) is 74.7 Å². The number of likely N-dealkylation sites (tertiary alicyclic amines) is 1. The van der Waals surface area contributed by atoms with Gasteiger partial charge in [0.2, 0.25) is 11.8 Å². The third-order valence-corrected chi connectivity index (χ3v) is 4.80. The number of carbonyl (C=O) groups excluding carboxylic acids is 2. The molecule has 1 N–H and O–H groups in total. The van der Waals surface area contributed by atoms with Crippen LogP contribution in [0.4, 0.5) is 0 Å². The highest BCUT2D eigenvalue weighted by Gasteiger charge is 2.64. The van der Waals surface area contributed by atoms with E-state index in [2.05, 4.69) is 0 Å². The average Bonchev–Trinajstić information content (AvgIpc) is 2.40. The minimum absolute atomic E-state index is 0.232. The number of piperidine rings is 1. The SMILES string of the molecule is CC1(C)[C@H]2CC[C@]1(C)C(=O)N(CC(=O)O)C2=O. The normalized spacial score (nSPS) is 35.2. The minimum atomic E-state index is -1.14. The molecule has 0 unspecified atom stereocenters. The molecule has 0 spiro atoms. The van der Waals surface area contributed by atoms with E-state index >= 15 is 0 Å². The van der Waals surface area contributed by atoms with Gasteiger partial charge in [0.15, 0.2) is 0 Å². The lowest BCUT2D eigenvalue weighted by atomic mass is 9.62. The van der Waals surface area contributed by atoms with Crippen LogP contribution < -0.4 is 0 Å². The molecule has 2 fully saturated rings. The number of hydrogen-bond donors (Lipinski definition) is 1. The van der Waals surface area contributed by atoms with Crippen molar-refractivity contribution in [2.75, 3.05) is 6.54 Å². The van der Waals surface area contributed by atoms with Gasteiger partial charge in [0.05, 0.1) is 5.41 Å². The van der Waals surface area contributed by atoms with Crippen LogP contribution in [0, 0.1) is 16.7 Å². The molecule has 17 heavy (non-hydrogen) atoms. The predicted octanol–water partition coefficient (Wildman–Crippen LogP) is 0.882. The highest BCUT2D eigenvalue weighted by molar-refractivity contribution is 6.05. The molecule has 2 aliphatic rings. The number of nitrogens with zero attached hydrogens (tertiary/aromatic N) is 1. The summed E-state index contributed by atoms with van der Waals surface area (Å²) >= 11 is 0. The van der Waals surface area contributed by atoms with E-state index in [4.69, 9.17) is 5.11 Å². The number of carboxylic acid groups (broad SMARTS) is 1. The van der Waals surface area contributed by atoms with Crippen LogP contribution >= 0.6 is 0 Å². The van der Waals surface area contributed by atoms with Crippen LogP contribution in [0.2, 0.25) is 0 Å². The highest BCUT2D eigenvalue weighted by Crippen LogP contribution is 2.59. The lowest BCUT2D eigenvalue weighted by Gasteiger charge is -2.47. The van der Waals surface area contributed by atoms with E-state index in [1.807, 2.05) is 20.8 Å². The Morgan fingerprint density at radius 1 is 1.41 bits per heavy atom. The van der Waals surface area contributed by atoms with Crippen molar-refractivity contribution in [3.63, 3.8) is 0 Å². The second-order valence-corrected chi connectivity index (χ2v) is 5.77. The zero-order valence-electron chi connectivity index (χ0n) is 10.3. The maximum atomic E-state index is 12.3. The Labute approximate surface area is 99.8 Å². The molecule has 0 radical (unpaired) electrons. The van der Waals surface area contributed by atoms with Crippen molar-refractivity contribution in [2.24, 2.45) is 16.7 Å². The molecule has 5 heteroatoms. The molecule has 1 saturated heterocycles. The minimum Gasteiger partial charge on any atom is -0.480 e. The van der Waals surface area contributed by atoms with Crippen LogP contribution in [-0.4, -0.2) is 34.3 Å². The molecule has 94 valence electrons. The van der Waals surface area contributed by atoms with Crippen molar-refractivity contribution < 1.29 is 19.5 Å². The summed E-state index contributed by atoms with van der Waals surface area (Å²) < 4.78 is 0. The molecule has 1 saturated carbocycles. The number of rotatable bonds is 2. The fourth-order valence-corrected chi connectivity index (χ4v) is 3.19. The van der Waals surface area contributed by atoms with Gasteiger partial charge in [0, 0.05) is 5.92 Å². The zero-order valence-corrected chi connectivity index (χ0v) is 10.3. The summed E-state index contributed by atoms with van der Waals surface area (Å²) in [4.78, 5) is 36.1. The van der Waals surface area contributed by atoms with Gasteiger partial charge in [-0.1, -0.05) is 20.8 Å². The Morgan fingerprint density at radius 3 is 2.53 bits per heavy atom. The number of carbonyl (C=O) groups is 3. The Bertz CT molecular complexity index is 415. The number of aliphatic carboxylic acids is 1. The average molecular weight is 239 g/mol. The Morgan fingerprint density at radius 2 is 2.00 bits per heavy atom. The van der Waals surface area contributed by atoms with E-state index in [9.17, 15) is 14.4 Å². The Kier molecular flexibility index (Phi) is 2.35. The van der Waals surface area contributed by atoms with Crippen LogP contribution in [0.1, 0.15) is 33.6 Å². The fourth-order valence-electron chi connectivity index (χ4n) is 3.19. The van der Waals surface area contributed by atoms with Crippen LogP contribution in [-0.2, 0) is 14.4 Å². The van der Waals surface area contributed by atoms with Gasteiger partial charge in [-0.25, -0.2) is 0 Å². The second kappa shape index (κ2) is 3.31. The van der Waals surface area contributed by atoms with E-state index in [0.717, 1.165) is 4.90 Å². The maximum Gasteiger partial charge on any atom is 0.323 e. The second-order valence-electron chi connectivity index (χ2n) is 5.77. The van der Waals surface area contributed by atoms with Gasteiger partial charge in [0.25, 0.3) is 0 Å². The fraction of sp³-hybridized carbons (Fsp3) is 0.750. The van der Waals surface area contributed by atoms with Gasteiger partial charge >= 0.3 is 5.97 Å². The first-order valence-electron chi connectivity index (χ1n) is 5.79. The Hall–Kier alpha value is -1.39. The van der Waals surface area contributed by atoms with Crippen LogP contribution in [0.3, 0.4) is 0 Å². The standard InChI is InChI=1S/C12H17NO4/c1-11(2)7-4-5-12(11,3)10(17)13(9(7)16)6-8(14)15/h7H,4-6H2,1-3H3,(H,14,15)/t7-,12+/m0/s1. The van der Waals surface area contributed by atoms with Crippen molar-refractivity contribution in [1.82, 2.24) is 4.90 Å². The Balaban J connectivity index is 2.42. The molecule has 0 aromatic rings. The first kappa shape index (κ1) is 12.1. The number of fused-ring (bicyclic) bond motifs is 2. The first-order chi connectivity index (χ1) is 7.72. The van der Waals surface area contributed by atoms with Gasteiger partial charge in [-0.2, -0.15) is 0 Å². The molecule has 5 nitrogen and oxygen atoms in total. The van der Waals surface area contributed by atoms with Gasteiger partial charge in [-0.15, -0.1) is 0 Å². The van der Waals surface area contributed by atoms with Crippen molar-refractivity contribution in [3.05, 3.63) is 0 Å². The van der Waals surface area contributed by atoms with Crippen molar-refractivity contribution in [3.8, 4) is 0 Å². The molecule has 2 amide bonds. The van der Waals surface area contributed by atoms with Crippen LogP contribution in [0.25, 0.3) is 0 Å². The molecule has 2 rings (SSSR count). The van der Waals surface area contributed by atoms with E-state index in [-0.39, 0.29) is 23.1 Å². The molecular formula is C12H17NO4. The summed E-state index contributed by atoms with van der Waals surface area (Å²) in [5.74, 6) is -2.03. The van der Waals surface area contributed by atoms with Gasteiger partial charge in [-0.3, -0.25) is 19.3 Å². The lowest BCUT2D eigenvalue weighted by Crippen LogP contribution is -2.59.